The highest BCUT2D eigenvalue weighted by Crippen LogP contribution is 2.66. The first-order valence-corrected chi connectivity index (χ1v) is 11.1. The lowest BCUT2D eigenvalue weighted by Gasteiger charge is -2.57. The van der Waals surface area contributed by atoms with Crippen LogP contribution in [-0.4, -0.2) is 17.0 Å². The summed E-state index contributed by atoms with van der Waals surface area (Å²) >= 11 is 0. The van der Waals surface area contributed by atoms with Gasteiger partial charge in [-0.25, -0.2) is 0 Å². The van der Waals surface area contributed by atoms with Crippen molar-refractivity contribution < 1.29 is 9.90 Å². The van der Waals surface area contributed by atoms with Crippen molar-refractivity contribution >= 4 is 5.78 Å². The van der Waals surface area contributed by atoms with Crippen LogP contribution in [0.25, 0.3) is 0 Å². The van der Waals surface area contributed by atoms with E-state index >= 15 is 0 Å². The first-order chi connectivity index (χ1) is 12.8. The summed E-state index contributed by atoms with van der Waals surface area (Å²) in [6.07, 6.45) is 10.3. The fraction of sp³-hybridized carbons (Fsp3) is 0.800. The van der Waals surface area contributed by atoms with Crippen LogP contribution in [-0.2, 0) is 4.79 Å². The van der Waals surface area contributed by atoms with E-state index in [9.17, 15) is 9.90 Å². The van der Waals surface area contributed by atoms with Gasteiger partial charge < -0.3 is 5.11 Å². The third-order valence-corrected chi connectivity index (χ3v) is 9.28. The van der Waals surface area contributed by atoms with Crippen molar-refractivity contribution in [3.63, 3.8) is 0 Å². The van der Waals surface area contributed by atoms with E-state index < -0.39 is 0 Å². The second-order valence-electron chi connectivity index (χ2n) is 10.5. The summed E-state index contributed by atoms with van der Waals surface area (Å²) in [5, 5.41) is 10.1. The van der Waals surface area contributed by atoms with Crippen molar-refractivity contribution in [1.29, 1.82) is 0 Å². The maximum atomic E-state index is 13.3. The van der Waals surface area contributed by atoms with Crippen LogP contribution in [0.1, 0.15) is 79.1 Å². The molecule has 0 aromatic heterocycles. The summed E-state index contributed by atoms with van der Waals surface area (Å²) in [4.78, 5) is 13.3. The van der Waals surface area contributed by atoms with Gasteiger partial charge in [-0.05, 0) is 92.4 Å². The lowest BCUT2D eigenvalue weighted by molar-refractivity contribution is -0.135. The number of aliphatic hydroxyl groups excluding tert-OH is 1. The average Bonchev–Trinajstić information content (AvgIpc) is 2.98. The molecule has 4 aliphatic rings. The number of fused-ring (bicyclic) bond motifs is 5. The Kier molecular flexibility index (Phi) is 4.83. The Morgan fingerprint density at radius 2 is 1.96 bits per heavy atom. The second kappa shape index (κ2) is 6.77. The number of hydrogen-bond acceptors (Lipinski definition) is 2. The van der Waals surface area contributed by atoms with E-state index in [1.165, 1.54) is 31.3 Å². The zero-order valence-corrected chi connectivity index (χ0v) is 17.6. The van der Waals surface area contributed by atoms with Crippen molar-refractivity contribution in [1.82, 2.24) is 0 Å². The van der Waals surface area contributed by atoms with Crippen LogP contribution in [0.3, 0.4) is 0 Å². The summed E-state index contributed by atoms with van der Waals surface area (Å²) in [6.45, 7) is 9.19. The maximum absolute atomic E-state index is 13.3. The molecular weight excluding hydrogens is 332 g/mol. The summed E-state index contributed by atoms with van der Waals surface area (Å²) < 4.78 is 0. The standard InChI is InChI=1S/C25H36O2/c1-5-6-7-16(2)19-8-9-20-23-21(11-13-25(19,20)4)24(3)12-10-18(26)14-17(24)15-22(23)27/h15-16,18-21,23,26H,7-14H2,1-4H3. The predicted octanol–water partition coefficient (Wildman–Crippen LogP) is 5.15. The third kappa shape index (κ3) is 2.84. The van der Waals surface area contributed by atoms with Crippen LogP contribution in [0, 0.1) is 52.3 Å². The summed E-state index contributed by atoms with van der Waals surface area (Å²) in [5.74, 6) is 9.29. The molecule has 8 unspecified atom stereocenters. The Balaban J connectivity index is 1.64. The van der Waals surface area contributed by atoms with Crippen LogP contribution in [0.15, 0.2) is 11.6 Å². The number of carbonyl (C=O) groups is 1. The molecule has 0 aliphatic heterocycles. The van der Waals surface area contributed by atoms with Gasteiger partial charge in [0.25, 0.3) is 0 Å². The van der Waals surface area contributed by atoms with Gasteiger partial charge in [-0.1, -0.05) is 26.3 Å². The molecule has 0 amide bonds. The van der Waals surface area contributed by atoms with Crippen LogP contribution in [0.2, 0.25) is 0 Å². The molecule has 0 radical (unpaired) electrons. The Morgan fingerprint density at radius 3 is 2.70 bits per heavy atom. The zero-order valence-electron chi connectivity index (χ0n) is 17.6. The first-order valence-electron chi connectivity index (χ1n) is 11.1. The van der Waals surface area contributed by atoms with Gasteiger partial charge in [-0.3, -0.25) is 4.79 Å². The summed E-state index contributed by atoms with van der Waals surface area (Å²) in [7, 11) is 0. The topological polar surface area (TPSA) is 37.3 Å². The molecule has 0 saturated heterocycles. The second-order valence-corrected chi connectivity index (χ2v) is 10.5. The number of ketones is 1. The van der Waals surface area contributed by atoms with E-state index in [0.717, 1.165) is 19.3 Å². The molecule has 8 atom stereocenters. The monoisotopic (exact) mass is 368 g/mol. The van der Waals surface area contributed by atoms with Crippen LogP contribution < -0.4 is 0 Å². The molecule has 3 fully saturated rings. The SMILES string of the molecule is CC#CCC(C)C1CCC2C3C(=O)C=C4CC(O)CCC4(C)C3CCC12C. The molecule has 0 aromatic carbocycles. The molecule has 0 heterocycles. The van der Waals surface area contributed by atoms with E-state index in [1.807, 2.05) is 13.0 Å². The minimum absolute atomic E-state index is 0.135. The smallest absolute Gasteiger partial charge is 0.159 e. The largest absolute Gasteiger partial charge is 0.393 e. The van der Waals surface area contributed by atoms with Crippen molar-refractivity contribution in [2.45, 2.75) is 85.2 Å². The minimum Gasteiger partial charge on any atom is -0.393 e. The van der Waals surface area contributed by atoms with Crippen molar-refractivity contribution in [3.05, 3.63) is 11.6 Å². The van der Waals surface area contributed by atoms with Gasteiger partial charge in [0, 0.05) is 12.3 Å². The molecule has 4 rings (SSSR count). The third-order valence-electron chi connectivity index (χ3n) is 9.28. The summed E-state index contributed by atoms with van der Waals surface area (Å²) in [5.41, 5.74) is 1.68. The molecular formula is C25H36O2. The molecule has 0 spiro atoms. The Labute approximate surface area is 165 Å². The lowest BCUT2D eigenvalue weighted by Crippen LogP contribution is -2.53. The number of carbonyl (C=O) groups excluding carboxylic acids is 1. The van der Waals surface area contributed by atoms with Gasteiger partial charge in [-0.2, -0.15) is 0 Å². The zero-order chi connectivity index (χ0) is 19.4. The maximum Gasteiger partial charge on any atom is 0.159 e. The lowest BCUT2D eigenvalue weighted by atomic mass is 9.46. The normalized spacial score (nSPS) is 47.1. The predicted molar refractivity (Wildman–Crippen MR) is 109 cm³/mol. The number of allylic oxidation sites excluding steroid dienone is 1. The van der Waals surface area contributed by atoms with E-state index in [2.05, 4.69) is 32.6 Å². The van der Waals surface area contributed by atoms with Crippen molar-refractivity contribution in [2.24, 2.45) is 40.4 Å². The quantitative estimate of drug-likeness (QED) is 0.684. The Bertz CT molecular complexity index is 710. The molecule has 2 nitrogen and oxygen atoms in total. The molecule has 3 saturated carbocycles. The molecule has 0 aromatic rings. The Morgan fingerprint density at radius 1 is 1.19 bits per heavy atom. The van der Waals surface area contributed by atoms with Crippen molar-refractivity contribution in [3.8, 4) is 11.8 Å². The first kappa shape index (κ1) is 19.3. The summed E-state index contributed by atoms with van der Waals surface area (Å²) in [6, 6.07) is 0. The van der Waals surface area contributed by atoms with E-state index in [4.69, 9.17) is 0 Å². The fourth-order valence-corrected chi connectivity index (χ4v) is 7.76. The molecule has 0 bridgehead atoms. The number of rotatable bonds is 2. The minimum atomic E-state index is -0.251. The van der Waals surface area contributed by atoms with Gasteiger partial charge in [0.05, 0.1) is 6.10 Å². The van der Waals surface area contributed by atoms with Crippen molar-refractivity contribution in [2.75, 3.05) is 0 Å². The molecule has 27 heavy (non-hydrogen) atoms. The van der Waals surface area contributed by atoms with E-state index in [-0.39, 0.29) is 17.4 Å². The Hall–Kier alpha value is -1.07. The van der Waals surface area contributed by atoms with Gasteiger partial charge in [0.15, 0.2) is 5.78 Å². The fourth-order valence-electron chi connectivity index (χ4n) is 7.76. The van der Waals surface area contributed by atoms with Crippen LogP contribution in [0.5, 0.6) is 0 Å². The molecule has 4 aliphatic carbocycles. The highest BCUT2D eigenvalue weighted by molar-refractivity contribution is 5.94. The molecule has 2 heteroatoms. The average molecular weight is 369 g/mol. The molecule has 148 valence electrons. The van der Waals surface area contributed by atoms with Gasteiger partial charge in [-0.15, -0.1) is 11.8 Å². The number of hydrogen-bond donors (Lipinski definition) is 1. The highest BCUT2D eigenvalue weighted by Gasteiger charge is 2.61. The van der Waals surface area contributed by atoms with Crippen LogP contribution in [0.4, 0.5) is 0 Å². The van der Waals surface area contributed by atoms with Gasteiger partial charge >= 0.3 is 0 Å². The van der Waals surface area contributed by atoms with Gasteiger partial charge in [0.1, 0.15) is 0 Å². The van der Waals surface area contributed by atoms with E-state index in [1.54, 1.807) is 0 Å². The highest BCUT2D eigenvalue weighted by atomic mass is 16.3. The number of aliphatic hydroxyl groups is 1. The van der Waals surface area contributed by atoms with Gasteiger partial charge in [0.2, 0.25) is 0 Å². The van der Waals surface area contributed by atoms with E-state index in [0.29, 0.717) is 41.3 Å². The van der Waals surface area contributed by atoms with Crippen LogP contribution >= 0.6 is 0 Å². The molecule has 1 N–H and O–H groups in total.